The van der Waals surface area contributed by atoms with E-state index in [2.05, 4.69) is 20.3 Å². The van der Waals surface area contributed by atoms with E-state index in [1.165, 1.54) is 6.20 Å². The minimum absolute atomic E-state index is 0.0226. The van der Waals surface area contributed by atoms with Crippen LogP contribution < -0.4 is 20.5 Å². The van der Waals surface area contributed by atoms with Gasteiger partial charge in [-0.05, 0) is 6.92 Å². The summed E-state index contributed by atoms with van der Waals surface area (Å²) in [6.07, 6.45) is -2.33. The molecule has 4 rings (SSSR count). The number of amides is 1. The molecule has 11 nitrogen and oxygen atoms in total. The molecule has 0 saturated carbocycles. The third kappa shape index (κ3) is 5.51. The summed E-state index contributed by atoms with van der Waals surface area (Å²) in [6, 6.07) is 3.05. The highest BCUT2D eigenvalue weighted by molar-refractivity contribution is 5.77. The molecule has 1 unspecified atom stereocenters. The molecule has 2 atom stereocenters. The maximum absolute atomic E-state index is 13.2. The van der Waals surface area contributed by atoms with Crippen molar-refractivity contribution in [3.63, 3.8) is 0 Å². The molecule has 2 aromatic rings. The second kappa shape index (κ2) is 10.4. The smallest absolute Gasteiger partial charge is 0.423 e. The topological polar surface area (TPSA) is 136 Å². The summed E-state index contributed by atoms with van der Waals surface area (Å²) >= 11 is 0. The average molecular weight is 507 g/mol. The Labute approximate surface area is 203 Å². The first kappa shape index (κ1) is 25.2. The number of pyridine rings is 1. The zero-order valence-electron chi connectivity index (χ0n) is 19.3. The van der Waals surface area contributed by atoms with Gasteiger partial charge in [-0.3, -0.25) is 9.59 Å². The Balaban J connectivity index is 1.23. The predicted molar refractivity (Wildman–Crippen MR) is 121 cm³/mol. The number of carbonyl (C=O) groups excluding carboxylic acids is 1. The zero-order valence-corrected chi connectivity index (χ0v) is 19.3. The van der Waals surface area contributed by atoms with Gasteiger partial charge in [-0.15, -0.1) is 0 Å². The minimum Gasteiger partial charge on any atom is -0.487 e. The number of carbonyl (C=O) groups is 1. The third-order valence-corrected chi connectivity index (χ3v) is 5.87. The van der Waals surface area contributed by atoms with Crippen LogP contribution in [0.15, 0.2) is 23.3 Å². The van der Waals surface area contributed by atoms with Crippen LogP contribution in [0.2, 0.25) is 0 Å². The lowest BCUT2D eigenvalue weighted by atomic mass is 10.1. The second-order valence-electron chi connectivity index (χ2n) is 8.51. The van der Waals surface area contributed by atoms with Crippen LogP contribution in [0.4, 0.5) is 24.7 Å². The van der Waals surface area contributed by atoms with Gasteiger partial charge in [0.25, 0.3) is 5.56 Å². The number of nitrogens with zero attached hydrogens (tertiary/aromatic N) is 5. The van der Waals surface area contributed by atoms with E-state index in [1.807, 2.05) is 6.07 Å². The molecule has 0 radical (unpaired) electrons. The van der Waals surface area contributed by atoms with Crippen molar-refractivity contribution >= 4 is 17.4 Å². The van der Waals surface area contributed by atoms with Crippen molar-refractivity contribution in [1.82, 2.24) is 20.1 Å². The number of hydrogen-bond acceptors (Lipinski definition) is 9. The molecule has 1 saturated heterocycles. The zero-order chi connectivity index (χ0) is 25.9. The third-order valence-electron chi connectivity index (χ3n) is 5.87. The van der Waals surface area contributed by atoms with Gasteiger partial charge in [0.2, 0.25) is 5.91 Å². The van der Waals surface area contributed by atoms with Crippen molar-refractivity contribution in [1.29, 1.82) is 5.26 Å². The molecule has 192 valence electrons. The van der Waals surface area contributed by atoms with E-state index in [-0.39, 0.29) is 31.6 Å². The van der Waals surface area contributed by atoms with Crippen molar-refractivity contribution < 1.29 is 27.4 Å². The predicted octanol–water partition coefficient (Wildman–Crippen LogP) is 1.37. The molecule has 0 spiro atoms. The summed E-state index contributed by atoms with van der Waals surface area (Å²) in [5.41, 5.74) is -2.71. The van der Waals surface area contributed by atoms with E-state index in [1.54, 1.807) is 23.0 Å². The fourth-order valence-corrected chi connectivity index (χ4v) is 4.18. The first-order valence-electron chi connectivity index (χ1n) is 11.2. The standard InChI is InChI=1S/C22H24F3N7O4/c1-13(29-16-9-28-30-21(34)19(16)22(23,24)25)11-35-5-2-18(33)31-3-4-32-15(10-31)12-36-17-6-14(7-26)8-27-20(17)32/h6,8-9,13,15H,2-5,10-12H2,1H3,(H2,29,30,34)/t13-,15?/m0/s1. The van der Waals surface area contributed by atoms with E-state index >= 15 is 0 Å². The van der Waals surface area contributed by atoms with Crippen LogP contribution in [0, 0.1) is 11.3 Å². The number of alkyl halides is 3. The van der Waals surface area contributed by atoms with E-state index in [0.717, 1.165) is 6.20 Å². The van der Waals surface area contributed by atoms with E-state index in [9.17, 15) is 22.8 Å². The number of piperazine rings is 1. The first-order valence-corrected chi connectivity index (χ1v) is 11.2. The van der Waals surface area contributed by atoms with Crippen LogP contribution >= 0.6 is 0 Å². The number of fused-ring (bicyclic) bond motifs is 3. The number of halogens is 3. The summed E-state index contributed by atoms with van der Waals surface area (Å²) in [4.78, 5) is 32.4. The number of aromatic nitrogens is 3. The molecule has 1 fully saturated rings. The molecule has 14 heteroatoms. The highest BCUT2D eigenvalue weighted by atomic mass is 19.4. The number of nitriles is 1. The van der Waals surface area contributed by atoms with Crippen LogP contribution in [0.3, 0.4) is 0 Å². The van der Waals surface area contributed by atoms with Crippen LogP contribution in [0.1, 0.15) is 24.5 Å². The number of ether oxygens (including phenoxy) is 2. The van der Waals surface area contributed by atoms with Crippen molar-refractivity contribution in [3.05, 3.63) is 39.9 Å². The van der Waals surface area contributed by atoms with Crippen molar-refractivity contribution in [3.8, 4) is 11.8 Å². The lowest BCUT2D eigenvalue weighted by Gasteiger charge is -2.44. The molecule has 36 heavy (non-hydrogen) atoms. The Morgan fingerprint density at radius 1 is 1.42 bits per heavy atom. The Bertz CT molecular complexity index is 1210. The van der Waals surface area contributed by atoms with Crippen LogP contribution in [0.25, 0.3) is 0 Å². The number of nitrogens with one attached hydrogen (secondary N) is 2. The van der Waals surface area contributed by atoms with E-state index < -0.39 is 29.0 Å². The molecule has 2 aromatic heterocycles. The van der Waals surface area contributed by atoms with Crippen LogP contribution in [0.5, 0.6) is 5.75 Å². The lowest BCUT2D eigenvalue weighted by Crippen LogP contribution is -2.58. The normalized spacial score (nSPS) is 17.9. The van der Waals surface area contributed by atoms with Crippen LogP contribution in [-0.2, 0) is 15.7 Å². The summed E-state index contributed by atoms with van der Waals surface area (Å²) in [5, 5.41) is 16.8. The maximum Gasteiger partial charge on any atom is 0.423 e. The van der Waals surface area contributed by atoms with Gasteiger partial charge < -0.3 is 24.6 Å². The molecule has 1 amide bonds. The van der Waals surface area contributed by atoms with Crippen molar-refractivity contribution in [2.75, 3.05) is 49.7 Å². The molecule has 4 heterocycles. The van der Waals surface area contributed by atoms with Gasteiger partial charge >= 0.3 is 6.18 Å². The Morgan fingerprint density at radius 2 is 2.22 bits per heavy atom. The fraction of sp³-hybridized carbons (Fsp3) is 0.500. The highest BCUT2D eigenvalue weighted by Crippen LogP contribution is 2.34. The Hall–Kier alpha value is -3.86. The Kier molecular flexibility index (Phi) is 7.30. The maximum atomic E-state index is 13.2. The SMILES string of the molecule is C[C@@H](COCCC(=O)N1CCN2c3ncc(C#N)cc3OCC2C1)Nc1cn[nH]c(=O)c1C(F)(F)F. The van der Waals surface area contributed by atoms with Crippen molar-refractivity contribution in [2.24, 2.45) is 0 Å². The monoisotopic (exact) mass is 507 g/mol. The first-order chi connectivity index (χ1) is 17.2. The summed E-state index contributed by atoms with van der Waals surface area (Å²) in [5.74, 6) is 1.11. The summed E-state index contributed by atoms with van der Waals surface area (Å²) in [6.45, 7) is 3.58. The van der Waals surface area contributed by atoms with Gasteiger partial charge in [-0.1, -0.05) is 0 Å². The number of aromatic amines is 1. The van der Waals surface area contributed by atoms with Gasteiger partial charge in [-0.2, -0.15) is 23.5 Å². The van der Waals surface area contributed by atoms with Gasteiger partial charge in [-0.25, -0.2) is 10.1 Å². The van der Waals surface area contributed by atoms with Gasteiger partial charge in [0, 0.05) is 37.9 Å². The molecule has 0 aromatic carbocycles. The number of rotatable bonds is 7. The van der Waals surface area contributed by atoms with Crippen LogP contribution in [-0.4, -0.2) is 77.5 Å². The van der Waals surface area contributed by atoms with Crippen molar-refractivity contribution in [2.45, 2.75) is 31.6 Å². The minimum atomic E-state index is -4.84. The number of anilines is 2. The Morgan fingerprint density at radius 3 is 2.97 bits per heavy atom. The van der Waals surface area contributed by atoms with E-state index in [4.69, 9.17) is 14.7 Å². The molecular formula is C22H24F3N7O4. The molecule has 0 aliphatic carbocycles. The van der Waals surface area contributed by atoms with Gasteiger partial charge in [0.05, 0.1) is 43.1 Å². The van der Waals surface area contributed by atoms with E-state index in [0.29, 0.717) is 43.4 Å². The average Bonchev–Trinajstić information content (AvgIpc) is 2.84. The van der Waals surface area contributed by atoms with Gasteiger partial charge in [0.1, 0.15) is 18.2 Å². The quantitative estimate of drug-likeness (QED) is 0.533. The summed E-state index contributed by atoms with van der Waals surface area (Å²) < 4.78 is 50.7. The highest BCUT2D eigenvalue weighted by Gasteiger charge is 2.38. The molecular weight excluding hydrogens is 483 g/mol. The molecule has 2 aliphatic rings. The molecule has 2 aliphatic heterocycles. The number of hydrogen-bond donors (Lipinski definition) is 2. The van der Waals surface area contributed by atoms with Gasteiger partial charge in [0.15, 0.2) is 11.6 Å². The lowest BCUT2D eigenvalue weighted by molar-refractivity contribution is -0.138. The largest absolute Gasteiger partial charge is 0.487 e. The fourth-order valence-electron chi connectivity index (χ4n) is 4.18. The summed E-state index contributed by atoms with van der Waals surface area (Å²) in [7, 11) is 0. The second-order valence-corrected chi connectivity index (χ2v) is 8.51. The molecule has 0 bridgehead atoms. The number of H-pyrrole nitrogens is 1. The molecule has 2 N–H and O–H groups in total.